The second-order valence-corrected chi connectivity index (χ2v) is 7.44. The Morgan fingerprint density at radius 2 is 2.07 bits per heavy atom. The van der Waals surface area contributed by atoms with Crippen molar-refractivity contribution in [3.8, 4) is 0 Å². The lowest BCUT2D eigenvalue weighted by molar-refractivity contribution is 0.0552. The number of hydrogen-bond donors (Lipinski definition) is 1. The van der Waals surface area contributed by atoms with Crippen LogP contribution < -0.4 is 5.56 Å². The van der Waals surface area contributed by atoms with E-state index in [9.17, 15) is 9.59 Å². The summed E-state index contributed by atoms with van der Waals surface area (Å²) in [7, 11) is 0. The maximum atomic E-state index is 13.1. The number of aromatic nitrogens is 2. The molecule has 0 spiro atoms. The van der Waals surface area contributed by atoms with Crippen molar-refractivity contribution in [1.29, 1.82) is 0 Å². The highest BCUT2D eigenvalue weighted by Gasteiger charge is 2.28. The first-order chi connectivity index (χ1) is 13.7. The number of carbonyl (C=O) groups excluding carboxylic acids is 1. The molecule has 6 heteroatoms. The number of carbonyl (C=O) groups is 1. The van der Waals surface area contributed by atoms with Gasteiger partial charge in [-0.3, -0.25) is 9.59 Å². The molecule has 28 heavy (non-hydrogen) atoms. The Bertz CT molecular complexity index is 897. The third kappa shape index (κ3) is 4.57. The average Bonchev–Trinajstić information content (AvgIpc) is 3.44. The number of aromatic amines is 1. The number of rotatable bonds is 7. The van der Waals surface area contributed by atoms with Crippen LogP contribution in [0.2, 0.25) is 0 Å². The number of nitrogens with zero attached hydrogens (tertiary/aromatic N) is 2. The van der Waals surface area contributed by atoms with Gasteiger partial charge in [-0.05, 0) is 31.2 Å². The van der Waals surface area contributed by atoms with Crippen LogP contribution in [0.4, 0.5) is 0 Å². The van der Waals surface area contributed by atoms with Gasteiger partial charge in [0.1, 0.15) is 11.4 Å². The third-order valence-electron chi connectivity index (χ3n) is 5.18. The molecule has 2 fully saturated rings. The van der Waals surface area contributed by atoms with Crippen LogP contribution in [0.3, 0.4) is 0 Å². The van der Waals surface area contributed by atoms with Gasteiger partial charge < -0.3 is 14.6 Å². The Morgan fingerprint density at radius 3 is 2.75 bits per heavy atom. The molecule has 1 aromatic heterocycles. The van der Waals surface area contributed by atoms with Crippen molar-refractivity contribution >= 4 is 12.0 Å². The number of nitrogens with one attached hydrogen (secondary N) is 1. The monoisotopic (exact) mass is 379 g/mol. The molecule has 6 nitrogen and oxygen atoms in total. The van der Waals surface area contributed by atoms with Gasteiger partial charge in [-0.2, -0.15) is 0 Å². The van der Waals surface area contributed by atoms with Crippen LogP contribution in [0, 0.1) is 0 Å². The van der Waals surface area contributed by atoms with E-state index in [4.69, 9.17) is 4.74 Å². The highest BCUT2D eigenvalue weighted by molar-refractivity contribution is 5.93. The number of ether oxygens (including phenoxy) is 1. The normalized spacial score (nSPS) is 19.2. The quantitative estimate of drug-likeness (QED) is 0.802. The van der Waals surface area contributed by atoms with E-state index in [0.29, 0.717) is 24.8 Å². The molecule has 1 saturated heterocycles. The minimum absolute atomic E-state index is 0.0202. The first-order valence-electron chi connectivity index (χ1n) is 9.92. The predicted octanol–water partition coefficient (Wildman–Crippen LogP) is 2.98. The highest BCUT2D eigenvalue weighted by atomic mass is 16.5. The van der Waals surface area contributed by atoms with Gasteiger partial charge in [0.2, 0.25) is 0 Å². The molecule has 1 amide bonds. The highest BCUT2D eigenvalue weighted by Crippen LogP contribution is 2.37. The molecule has 1 aliphatic carbocycles. The fraction of sp³-hybridized carbons (Fsp3) is 0.409. The summed E-state index contributed by atoms with van der Waals surface area (Å²) in [6, 6.07) is 9.93. The maximum Gasteiger partial charge on any atom is 0.263 e. The molecule has 2 aromatic rings. The zero-order valence-electron chi connectivity index (χ0n) is 15.8. The van der Waals surface area contributed by atoms with E-state index in [2.05, 4.69) is 9.97 Å². The molecule has 0 radical (unpaired) electrons. The summed E-state index contributed by atoms with van der Waals surface area (Å²) in [5.74, 6) is 0.731. The van der Waals surface area contributed by atoms with Crippen molar-refractivity contribution in [2.24, 2.45) is 0 Å². The van der Waals surface area contributed by atoms with Gasteiger partial charge >= 0.3 is 0 Å². The lowest BCUT2D eigenvalue weighted by atomic mass is 10.2. The van der Waals surface area contributed by atoms with E-state index in [1.54, 1.807) is 4.90 Å². The van der Waals surface area contributed by atoms with Crippen molar-refractivity contribution < 1.29 is 9.53 Å². The van der Waals surface area contributed by atoms with Crippen molar-refractivity contribution in [1.82, 2.24) is 14.9 Å². The largest absolute Gasteiger partial charge is 0.376 e. The smallest absolute Gasteiger partial charge is 0.263 e. The Labute approximate surface area is 164 Å². The molecular formula is C22H25N3O3. The van der Waals surface area contributed by atoms with Gasteiger partial charge in [-0.1, -0.05) is 42.5 Å². The Morgan fingerprint density at radius 1 is 1.25 bits per heavy atom. The molecule has 1 N–H and O–H groups in total. The molecule has 0 unspecified atom stereocenters. The number of hydrogen-bond acceptors (Lipinski definition) is 4. The first kappa shape index (κ1) is 18.6. The summed E-state index contributed by atoms with van der Waals surface area (Å²) in [5.41, 5.74) is 0.808. The van der Waals surface area contributed by atoms with Crippen LogP contribution in [0.15, 0.2) is 47.4 Å². The number of amides is 1. The molecule has 2 heterocycles. The predicted molar refractivity (Wildman–Crippen MR) is 107 cm³/mol. The van der Waals surface area contributed by atoms with E-state index in [1.165, 1.54) is 6.20 Å². The zero-order chi connectivity index (χ0) is 19.3. The second-order valence-electron chi connectivity index (χ2n) is 7.44. The fourth-order valence-electron chi connectivity index (χ4n) is 3.45. The topological polar surface area (TPSA) is 75.3 Å². The van der Waals surface area contributed by atoms with Gasteiger partial charge in [0.15, 0.2) is 0 Å². The van der Waals surface area contributed by atoms with Crippen LogP contribution in [0.5, 0.6) is 0 Å². The van der Waals surface area contributed by atoms with Crippen LogP contribution in [0.1, 0.15) is 53.3 Å². The number of benzene rings is 1. The average molecular weight is 379 g/mol. The number of H-pyrrole nitrogens is 1. The maximum absolute atomic E-state index is 13.1. The van der Waals surface area contributed by atoms with Gasteiger partial charge in [0, 0.05) is 31.8 Å². The van der Waals surface area contributed by atoms with Crippen molar-refractivity contribution in [2.75, 3.05) is 19.7 Å². The minimum atomic E-state index is -0.355. The minimum Gasteiger partial charge on any atom is -0.376 e. The van der Waals surface area contributed by atoms with Gasteiger partial charge in [0.25, 0.3) is 11.5 Å². The van der Waals surface area contributed by atoms with Crippen LogP contribution in [-0.2, 0) is 4.74 Å². The SMILES string of the molecule is O=C(c1cnc(C2CC2)[nH]c1=O)N(C/C=C/c1ccccc1)C[C@@H]1CCCO1. The molecular weight excluding hydrogens is 354 g/mol. The van der Waals surface area contributed by atoms with Crippen LogP contribution in [-0.4, -0.2) is 46.6 Å². The second kappa shape index (κ2) is 8.52. The first-order valence-corrected chi connectivity index (χ1v) is 9.92. The van der Waals surface area contributed by atoms with Gasteiger partial charge in [-0.15, -0.1) is 0 Å². The standard InChI is InChI=1S/C22H25N3O3/c26-21-19(14-23-20(24-21)17-10-11-17)22(27)25(15-18-9-5-13-28-18)12-4-8-16-6-2-1-3-7-16/h1-4,6-8,14,17-18H,5,9-13,15H2,(H,23,24,26)/b8-4+/t18-/m0/s1. The summed E-state index contributed by atoms with van der Waals surface area (Å²) in [4.78, 5) is 34.3. The zero-order valence-corrected chi connectivity index (χ0v) is 15.8. The summed E-state index contributed by atoms with van der Waals surface area (Å²) >= 11 is 0. The van der Waals surface area contributed by atoms with Crippen molar-refractivity contribution in [3.05, 3.63) is 69.9 Å². The molecule has 1 saturated carbocycles. The summed E-state index contributed by atoms with van der Waals surface area (Å²) in [5, 5.41) is 0. The van der Waals surface area contributed by atoms with Crippen LogP contribution in [0.25, 0.3) is 6.08 Å². The van der Waals surface area contributed by atoms with Gasteiger partial charge in [0.05, 0.1) is 6.10 Å². The fourth-order valence-corrected chi connectivity index (χ4v) is 3.45. The van der Waals surface area contributed by atoms with Gasteiger partial charge in [-0.25, -0.2) is 4.98 Å². The molecule has 1 atom stereocenters. The van der Waals surface area contributed by atoms with E-state index in [-0.39, 0.29) is 23.1 Å². The summed E-state index contributed by atoms with van der Waals surface area (Å²) in [6.45, 7) is 1.62. The van der Waals surface area contributed by atoms with E-state index >= 15 is 0 Å². The van der Waals surface area contributed by atoms with Crippen molar-refractivity contribution in [3.63, 3.8) is 0 Å². The molecule has 4 rings (SSSR count). The Hall–Kier alpha value is -2.73. The molecule has 2 aliphatic rings. The van der Waals surface area contributed by atoms with E-state index in [1.807, 2.05) is 42.5 Å². The lowest BCUT2D eigenvalue weighted by Gasteiger charge is -2.24. The molecule has 1 aliphatic heterocycles. The Kier molecular flexibility index (Phi) is 5.67. The molecule has 1 aromatic carbocycles. The van der Waals surface area contributed by atoms with E-state index < -0.39 is 0 Å². The molecule has 0 bridgehead atoms. The van der Waals surface area contributed by atoms with Crippen molar-refractivity contribution in [2.45, 2.75) is 37.7 Å². The third-order valence-corrected chi connectivity index (χ3v) is 5.18. The summed E-state index contributed by atoms with van der Waals surface area (Å²) < 4.78 is 5.70. The van der Waals surface area contributed by atoms with Crippen LogP contribution >= 0.6 is 0 Å². The molecule has 146 valence electrons. The summed E-state index contributed by atoms with van der Waals surface area (Å²) in [6.07, 6.45) is 9.41. The lowest BCUT2D eigenvalue weighted by Crippen LogP contribution is -2.40. The van der Waals surface area contributed by atoms with E-state index in [0.717, 1.165) is 37.9 Å². The Balaban J connectivity index is 1.50.